The van der Waals surface area contributed by atoms with Crippen molar-refractivity contribution in [3.63, 3.8) is 0 Å². The second-order valence-electron chi connectivity index (χ2n) is 8.35. The van der Waals surface area contributed by atoms with Crippen LogP contribution >= 0.6 is 0 Å². The highest BCUT2D eigenvalue weighted by Gasteiger charge is 2.37. The Morgan fingerprint density at radius 2 is 1.83 bits per heavy atom. The normalized spacial score (nSPS) is 16.9. The maximum absolute atomic E-state index is 12.8. The van der Waals surface area contributed by atoms with Gasteiger partial charge in [-0.2, -0.15) is 0 Å². The van der Waals surface area contributed by atoms with Crippen LogP contribution in [0.15, 0.2) is 59.8 Å². The zero-order valence-electron chi connectivity index (χ0n) is 19.9. The highest BCUT2D eigenvalue weighted by molar-refractivity contribution is 6.02. The average Bonchev–Trinajstić information content (AvgIpc) is 3.29. The molecule has 9 heteroatoms. The predicted molar refractivity (Wildman–Crippen MR) is 130 cm³/mol. The fraction of sp³-hybridized carbons (Fsp3) is 0.308. The quantitative estimate of drug-likeness (QED) is 0.488. The second-order valence-corrected chi connectivity index (χ2v) is 8.35. The number of carbonyl (C=O) groups is 1. The van der Waals surface area contributed by atoms with Crippen molar-refractivity contribution in [2.24, 2.45) is 5.16 Å². The van der Waals surface area contributed by atoms with E-state index in [1.54, 1.807) is 20.1 Å². The summed E-state index contributed by atoms with van der Waals surface area (Å²) in [5.74, 6) is 1.60. The molecule has 0 fully saturated rings. The molecule has 4 rings (SSSR count). The lowest BCUT2D eigenvalue weighted by Gasteiger charge is -2.22. The third-order valence-corrected chi connectivity index (χ3v) is 5.67. The monoisotopic (exact) mass is 476 g/mol. The van der Waals surface area contributed by atoms with Crippen molar-refractivity contribution in [1.29, 1.82) is 0 Å². The van der Waals surface area contributed by atoms with Crippen LogP contribution in [0.5, 0.6) is 11.5 Å². The Kier molecular flexibility index (Phi) is 7.26. The number of amides is 1. The van der Waals surface area contributed by atoms with Crippen LogP contribution in [0.3, 0.4) is 0 Å². The van der Waals surface area contributed by atoms with Crippen LogP contribution in [0.1, 0.15) is 46.5 Å². The molecule has 3 aromatic rings. The van der Waals surface area contributed by atoms with Crippen LogP contribution < -0.4 is 14.8 Å². The van der Waals surface area contributed by atoms with E-state index in [0.29, 0.717) is 35.9 Å². The molecule has 1 aromatic heterocycles. The Bertz CT molecular complexity index is 1210. The smallest absolute Gasteiger partial charge is 0.270 e. The molecule has 0 bridgehead atoms. The van der Waals surface area contributed by atoms with Crippen LogP contribution in [0.25, 0.3) is 0 Å². The highest BCUT2D eigenvalue weighted by Crippen LogP contribution is 2.36. The molecule has 1 atom stereocenters. The van der Waals surface area contributed by atoms with Gasteiger partial charge in [-0.25, -0.2) is 9.97 Å². The number of oxime groups is 1. The summed E-state index contributed by atoms with van der Waals surface area (Å²) in [6, 6.07) is 16.6. The lowest BCUT2D eigenvalue weighted by molar-refractivity contribution is -0.00742. The minimum Gasteiger partial charge on any atom is -0.497 e. The van der Waals surface area contributed by atoms with E-state index in [2.05, 4.69) is 20.4 Å². The number of methoxy groups -OCH3 is 1. The van der Waals surface area contributed by atoms with Gasteiger partial charge in [0.25, 0.3) is 5.91 Å². The number of hydrogen-bond acceptors (Lipinski definition) is 8. The van der Waals surface area contributed by atoms with Gasteiger partial charge in [0, 0.05) is 13.0 Å². The molecule has 182 valence electrons. The van der Waals surface area contributed by atoms with Crippen LogP contribution in [0.2, 0.25) is 0 Å². The van der Waals surface area contributed by atoms with Gasteiger partial charge in [-0.1, -0.05) is 29.4 Å². The number of ether oxygens (including phenoxy) is 2. The van der Waals surface area contributed by atoms with Crippen LogP contribution in [0, 0.1) is 6.92 Å². The van der Waals surface area contributed by atoms with Gasteiger partial charge in [-0.05, 0) is 55.3 Å². The third-order valence-electron chi connectivity index (χ3n) is 5.67. The molecule has 1 unspecified atom stereocenters. The van der Waals surface area contributed by atoms with Crippen molar-refractivity contribution in [3.8, 4) is 11.5 Å². The first-order valence-corrected chi connectivity index (χ1v) is 11.3. The number of aliphatic hydroxyl groups excluding tert-OH is 1. The topological polar surface area (TPSA) is 115 Å². The minimum atomic E-state index is -0.680. The fourth-order valence-electron chi connectivity index (χ4n) is 3.75. The summed E-state index contributed by atoms with van der Waals surface area (Å²) in [7, 11) is 1.61. The van der Waals surface area contributed by atoms with E-state index in [0.717, 1.165) is 16.9 Å². The molecule has 0 saturated heterocycles. The van der Waals surface area contributed by atoms with Gasteiger partial charge in [-0.15, -0.1) is 0 Å². The lowest BCUT2D eigenvalue weighted by Crippen LogP contribution is -2.25. The van der Waals surface area contributed by atoms with Crippen molar-refractivity contribution in [2.75, 3.05) is 20.3 Å². The molecule has 0 spiro atoms. The van der Waals surface area contributed by atoms with Crippen LogP contribution in [-0.4, -0.2) is 47.0 Å². The third kappa shape index (κ3) is 5.75. The summed E-state index contributed by atoms with van der Waals surface area (Å²) in [6.45, 7) is 4.25. The Morgan fingerprint density at radius 3 is 2.51 bits per heavy atom. The molecule has 2 heterocycles. The molecule has 1 aliphatic heterocycles. The van der Waals surface area contributed by atoms with Gasteiger partial charge in [-0.3, -0.25) is 4.79 Å². The van der Waals surface area contributed by atoms with Gasteiger partial charge >= 0.3 is 0 Å². The number of aryl methyl sites for hydroxylation is 1. The molecule has 2 N–H and O–H groups in total. The minimum absolute atomic E-state index is 0.0420. The number of benzene rings is 2. The van der Waals surface area contributed by atoms with E-state index in [-0.39, 0.29) is 24.8 Å². The number of nitrogens with one attached hydrogen (secondary N) is 1. The maximum atomic E-state index is 12.8. The van der Waals surface area contributed by atoms with E-state index in [9.17, 15) is 4.79 Å². The van der Waals surface area contributed by atoms with Crippen molar-refractivity contribution in [1.82, 2.24) is 15.3 Å². The molecule has 35 heavy (non-hydrogen) atoms. The molecular weight excluding hydrogens is 448 g/mol. The van der Waals surface area contributed by atoms with Crippen molar-refractivity contribution in [3.05, 3.63) is 82.9 Å². The Labute approximate surface area is 203 Å². The summed E-state index contributed by atoms with van der Waals surface area (Å²) >= 11 is 0. The number of aromatic nitrogens is 2. The zero-order chi connectivity index (χ0) is 24.8. The van der Waals surface area contributed by atoms with Gasteiger partial charge in [0.2, 0.25) is 0 Å². The molecule has 0 aliphatic carbocycles. The van der Waals surface area contributed by atoms with Crippen molar-refractivity contribution >= 4 is 11.6 Å². The molecule has 2 aromatic carbocycles. The summed E-state index contributed by atoms with van der Waals surface area (Å²) in [4.78, 5) is 27.4. The lowest BCUT2D eigenvalue weighted by atomic mass is 9.90. The summed E-state index contributed by atoms with van der Waals surface area (Å²) in [5, 5.41) is 16.1. The Hall–Kier alpha value is -3.98. The number of carbonyl (C=O) groups excluding carboxylic acids is 1. The molecule has 1 aliphatic rings. The van der Waals surface area contributed by atoms with Crippen molar-refractivity contribution < 1.29 is 24.2 Å². The molecule has 1 amide bonds. The van der Waals surface area contributed by atoms with Crippen LogP contribution in [-0.2, 0) is 17.0 Å². The Balaban J connectivity index is 1.44. The standard InChI is InChI=1S/C26H28N4O5/c1-17-28-22(14-23(29-17)25(32)27-16-18-4-8-20(33-3)9-5-18)24-15-26(2,35-30-24)19-6-10-21(11-7-19)34-13-12-31/h4-11,14,31H,12-13,15-16H2,1-3H3,(H,27,32). The van der Waals surface area contributed by atoms with Gasteiger partial charge in [0.15, 0.2) is 5.60 Å². The van der Waals surface area contributed by atoms with Crippen molar-refractivity contribution in [2.45, 2.75) is 32.4 Å². The van der Waals surface area contributed by atoms with E-state index in [4.69, 9.17) is 19.4 Å². The fourth-order valence-corrected chi connectivity index (χ4v) is 3.75. The summed E-state index contributed by atoms with van der Waals surface area (Å²) < 4.78 is 10.6. The first-order chi connectivity index (χ1) is 16.9. The van der Waals surface area contributed by atoms with Gasteiger partial charge in [0.05, 0.1) is 19.4 Å². The first kappa shape index (κ1) is 24.2. The highest BCUT2D eigenvalue weighted by atomic mass is 16.7. The number of hydrogen-bond donors (Lipinski definition) is 2. The molecular formula is C26H28N4O5. The summed E-state index contributed by atoms with van der Waals surface area (Å²) in [5.41, 5.74) is 2.66. The maximum Gasteiger partial charge on any atom is 0.270 e. The number of nitrogens with zero attached hydrogens (tertiary/aromatic N) is 3. The summed E-state index contributed by atoms with van der Waals surface area (Å²) in [6.07, 6.45) is 0.479. The molecule has 0 radical (unpaired) electrons. The zero-order valence-corrected chi connectivity index (χ0v) is 19.9. The first-order valence-electron chi connectivity index (χ1n) is 11.3. The SMILES string of the molecule is COc1ccc(CNC(=O)c2cc(C3=NOC(C)(c4ccc(OCCO)cc4)C3)nc(C)n2)cc1. The average molecular weight is 477 g/mol. The predicted octanol–water partition coefficient (Wildman–Crippen LogP) is 3.13. The van der Waals surface area contributed by atoms with E-state index in [1.165, 1.54) is 0 Å². The second kappa shape index (κ2) is 10.5. The Morgan fingerprint density at radius 1 is 1.11 bits per heavy atom. The van der Waals surface area contributed by atoms with E-state index in [1.807, 2.05) is 55.5 Å². The van der Waals surface area contributed by atoms with E-state index >= 15 is 0 Å². The van der Waals surface area contributed by atoms with Crippen LogP contribution in [0.4, 0.5) is 0 Å². The van der Waals surface area contributed by atoms with Gasteiger partial charge in [0.1, 0.15) is 35.3 Å². The molecule has 0 saturated carbocycles. The number of rotatable bonds is 9. The number of aliphatic hydroxyl groups is 1. The van der Waals surface area contributed by atoms with Gasteiger partial charge < -0.3 is 24.7 Å². The largest absolute Gasteiger partial charge is 0.497 e. The van der Waals surface area contributed by atoms with E-state index < -0.39 is 5.60 Å². The molecule has 9 nitrogen and oxygen atoms in total.